The summed E-state index contributed by atoms with van der Waals surface area (Å²) in [6, 6.07) is 7.52. The molecule has 1 aromatic rings. The van der Waals surface area contributed by atoms with Crippen LogP contribution in [0.4, 0.5) is 0 Å². The van der Waals surface area contributed by atoms with Crippen LogP contribution in [-0.2, 0) is 4.79 Å². The van der Waals surface area contributed by atoms with Crippen molar-refractivity contribution in [2.24, 2.45) is 0 Å². The van der Waals surface area contributed by atoms with Gasteiger partial charge in [-0.3, -0.25) is 4.79 Å². The zero-order chi connectivity index (χ0) is 14.6. The minimum absolute atomic E-state index is 0.0492. The lowest BCUT2D eigenvalue weighted by Crippen LogP contribution is -2.53. The molecule has 110 valence electrons. The van der Waals surface area contributed by atoms with Gasteiger partial charge >= 0.3 is 0 Å². The van der Waals surface area contributed by atoms with Crippen LogP contribution in [0.5, 0.6) is 5.75 Å². The third kappa shape index (κ3) is 3.49. The van der Waals surface area contributed by atoms with Gasteiger partial charge in [-0.1, -0.05) is 18.2 Å². The van der Waals surface area contributed by atoms with Gasteiger partial charge in [-0.05, 0) is 31.4 Å². The van der Waals surface area contributed by atoms with Crippen molar-refractivity contribution in [3.05, 3.63) is 29.8 Å². The normalized spacial score (nSPS) is 22.6. The average molecular weight is 279 g/mol. The highest BCUT2D eigenvalue weighted by Crippen LogP contribution is 2.21. The molecule has 5 nitrogen and oxygen atoms in total. The van der Waals surface area contributed by atoms with Crippen molar-refractivity contribution in [1.29, 1.82) is 0 Å². The van der Waals surface area contributed by atoms with Crippen molar-refractivity contribution >= 4 is 5.91 Å². The Kier molecular flexibility index (Phi) is 4.62. The van der Waals surface area contributed by atoms with Crippen molar-refractivity contribution in [2.75, 3.05) is 26.3 Å². The zero-order valence-corrected chi connectivity index (χ0v) is 11.7. The Labute approximate surface area is 118 Å². The molecule has 0 saturated carbocycles. The molecule has 0 radical (unpaired) electrons. The minimum Gasteiger partial charge on any atom is -0.484 e. The second kappa shape index (κ2) is 6.24. The SMILES string of the molecule is Cc1ccccc1OCC(=O)N1CCC[C@](O)(CO)C1. The lowest BCUT2D eigenvalue weighted by molar-refractivity contribution is -0.142. The summed E-state index contributed by atoms with van der Waals surface area (Å²) in [6.07, 6.45) is 1.21. The smallest absolute Gasteiger partial charge is 0.260 e. The number of rotatable bonds is 4. The summed E-state index contributed by atoms with van der Waals surface area (Å²) in [4.78, 5) is 13.6. The fraction of sp³-hybridized carbons (Fsp3) is 0.533. The number of para-hydroxylation sites is 1. The first-order valence-electron chi connectivity index (χ1n) is 6.83. The number of aliphatic hydroxyl groups excluding tert-OH is 1. The van der Waals surface area contributed by atoms with E-state index in [1.165, 1.54) is 0 Å². The number of carbonyl (C=O) groups is 1. The summed E-state index contributed by atoms with van der Waals surface area (Å²) >= 11 is 0. The van der Waals surface area contributed by atoms with Crippen LogP contribution in [0.15, 0.2) is 24.3 Å². The summed E-state index contributed by atoms with van der Waals surface area (Å²) in [7, 11) is 0. The molecular formula is C15H21NO4. The number of β-amino-alcohol motifs (C(OH)–C–C–N with tert-alkyl or cyclic N) is 1. The fourth-order valence-corrected chi connectivity index (χ4v) is 2.40. The summed E-state index contributed by atoms with van der Waals surface area (Å²) in [6.45, 7) is 2.31. The van der Waals surface area contributed by atoms with Crippen molar-refractivity contribution in [3.63, 3.8) is 0 Å². The summed E-state index contributed by atoms with van der Waals surface area (Å²) in [5.41, 5.74) is -0.192. The van der Waals surface area contributed by atoms with Crippen LogP contribution in [0.25, 0.3) is 0 Å². The third-order valence-electron chi connectivity index (χ3n) is 3.65. The molecule has 1 fully saturated rings. The highest BCUT2D eigenvalue weighted by atomic mass is 16.5. The molecule has 0 bridgehead atoms. The Bertz CT molecular complexity index is 477. The van der Waals surface area contributed by atoms with Crippen LogP contribution in [0.1, 0.15) is 18.4 Å². The Hall–Kier alpha value is -1.59. The lowest BCUT2D eigenvalue weighted by Gasteiger charge is -2.37. The Balaban J connectivity index is 1.90. The summed E-state index contributed by atoms with van der Waals surface area (Å²) in [5, 5.41) is 19.2. The molecule has 1 heterocycles. The first kappa shape index (κ1) is 14.8. The van der Waals surface area contributed by atoms with Crippen LogP contribution in [0.3, 0.4) is 0 Å². The van der Waals surface area contributed by atoms with Gasteiger partial charge < -0.3 is 19.8 Å². The Morgan fingerprint density at radius 3 is 2.90 bits per heavy atom. The molecule has 1 aliphatic rings. The topological polar surface area (TPSA) is 70.0 Å². The Morgan fingerprint density at radius 1 is 1.45 bits per heavy atom. The van der Waals surface area contributed by atoms with Gasteiger partial charge in [0.2, 0.25) is 0 Å². The number of amides is 1. The molecule has 1 saturated heterocycles. The van der Waals surface area contributed by atoms with E-state index in [9.17, 15) is 15.0 Å². The number of benzene rings is 1. The second-order valence-electron chi connectivity index (χ2n) is 5.36. The Morgan fingerprint density at radius 2 is 2.20 bits per heavy atom. The molecule has 1 aliphatic heterocycles. The van der Waals surface area contributed by atoms with E-state index in [1.807, 2.05) is 31.2 Å². The van der Waals surface area contributed by atoms with E-state index < -0.39 is 5.60 Å². The van der Waals surface area contributed by atoms with Gasteiger partial charge in [-0.2, -0.15) is 0 Å². The van der Waals surface area contributed by atoms with Crippen molar-refractivity contribution in [2.45, 2.75) is 25.4 Å². The molecule has 0 unspecified atom stereocenters. The number of carbonyl (C=O) groups excluding carboxylic acids is 1. The maximum absolute atomic E-state index is 12.1. The van der Waals surface area contributed by atoms with Crippen LogP contribution < -0.4 is 4.74 Å². The monoisotopic (exact) mass is 279 g/mol. The molecule has 1 amide bonds. The maximum atomic E-state index is 12.1. The second-order valence-corrected chi connectivity index (χ2v) is 5.36. The van der Waals surface area contributed by atoms with E-state index in [-0.39, 0.29) is 25.7 Å². The van der Waals surface area contributed by atoms with E-state index >= 15 is 0 Å². The number of aryl methyl sites for hydroxylation is 1. The van der Waals surface area contributed by atoms with E-state index in [0.717, 1.165) is 5.56 Å². The van der Waals surface area contributed by atoms with Gasteiger partial charge in [0, 0.05) is 6.54 Å². The first-order chi connectivity index (χ1) is 9.54. The fourth-order valence-electron chi connectivity index (χ4n) is 2.40. The van der Waals surface area contributed by atoms with Gasteiger partial charge in [-0.15, -0.1) is 0 Å². The van der Waals surface area contributed by atoms with E-state index in [2.05, 4.69) is 0 Å². The van der Waals surface area contributed by atoms with Gasteiger partial charge in [0.05, 0.1) is 13.2 Å². The van der Waals surface area contributed by atoms with E-state index in [4.69, 9.17) is 4.74 Å². The molecule has 5 heteroatoms. The van der Waals surface area contributed by atoms with Crippen LogP contribution >= 0.6 is 0 Å². The maximum Gasteiger partial charge on any atom is 0.260 e. The predicted octanol–water partition coefficient (Wildman–Crippen LogP) is 0.720. The van der Waals surface area contributed by atoms with Crippen LogP contribution in [0, 0.1) is 6.92 Å². The molecule has 0 aromatic heterocycles. The number of aliphatic hydroxyl groups is 2. The predicted molar refractivity (Wildman–Crippen MR) is 74.5 cm³/mol. The summed E-state index contributed by atoms with van der Waals surface area (Å²) in [5.74, 6) is 0.523. The van der Waals surface area contributed by atoms with E-state index in [1.54, 1.807) is 4.90 Å². The molecule has 20 heavy (non-hydrogen) atoms. The average Bonchev–Trinajstić information content (AvgIpc) is 2.46. The molecule has 1 atom stereocenters. The molecule has 0 spiro atoms. The van der Waals surface area contributed by atoms with Crippen LogP contribution in [0.2, 0.25) is 0 Å². The zero-order valence-electron chi connectivity index (χ0n) is 11.7. The largest absolute Gasteiger partial charge is 0.484 e. The summed E-state index contributed by atoms with van der Waals surface area (Å²) < 4.78 is 5.52. The van der Waals surface area contributed by atoms with Gasteiger partial charge in [0.1, 0.15) is 11.4 Å². The van der Waals surface area contributed by atoms with Gasteiger partial charge in [0.15, 0.2) is 6.61 Å². The molecule has 2 rings (SSSR count). The standard InChI is InChI=1S/C15H21NO4/c1-12-5-2-3-6-13(12)20-9-14(18)16-8-4-7-15(19,10-16)11-17/h2-3,5-6,17,19H,4,7-11H2,1H3/t15-/m1/s1. The number of ether oxygens (including phenoxy) is 1. The molecular weight excluding hydrogens is 258 g/mol. The highest BCUT2D eigenvalue weighted by Gasteiger charge is 2.34. The molecule has 1 aromatic carbocycles. The number of piperidine rings is 1. The van der Waals surface area contributed by atoms with E-state index in [0.29, 0.717) is 25.1 Å². The molecule has 2 N–H and O–H groups in total. The minimum atomic E-state index is -1.17. The number of hydrogen-bond acceptors (Lipinski definition) is 4. The van der Waals surface area contributed by atoms with Crippen molar-refractivity contribution < 1.29 is 19.7 Å². The van der Waals surface area contributed by atoms with Crippen molar-refractivity contribution in [1.82, 2.24) is 4.90 Å². The van der Waals surface area contributed by atoms with Crippen molar-refractivity contribution in [3.8, 4) is 5.75 Å². The highest BCUT2D eigenvalue weighted by molar-refractivity contribution is 5.78. The van der Waals surface area contributed by atoms with Gasteiger partial charge in [0.25, 0.3) is 5.91 Å². The van der Waals surface area contributed by atoms with Crippen LogP contribution in [-0.4, -0.2) is 52.9 Å². The molecule has 0 aliphatic carbocycles. The first-order valence-corrected chi connectivity index (χ1v) is 6.83. The number of hydrogen-bond donors (Lipinski definition) is 2. The quantitative estimate of drug-likeness (QED) is 0.852. The van der Waals surface area contributed by atoms with Gasteiger partial charge in [-0.25, -0.2) is 0 Å². The lowest BCUT2D eigenvalue weighted by atomic mass is 9.94. The number of likely N-dealkylation sites (tertiary alicyclic amines) is 1. The number of nitrogens with zero attached hydrogens (tertiary/aromatic N) is 1. The third-order valence-corrected chi connectivity index (χ3v) is 3.65.